The fourth-order valence-corrected chi connectivity index (χ4v) is 1.88. The molecular formula is C14H23NO. The Morgan fingerprint density at radius 3 is 2.62 bits per heavy atom. The highest BCUT2D eigenvalue weighted by atomic mass is 16.5. The molecule has 0 radical (unpaired) electrons. The van der Waals surface area contributed by atoms with Crippen LogP contribution in [0.25, 0.3) is 0 Å². The summed E-state index contributed by atoms with van der Waals surface area (Å²) in [5.41, 5.74) is 2.75. The van der Waals surface area contributed by atoms with E-state index in [2.05, 4.69) is 43.4 Å². The highest BCUT2D eigenvalue weighted by molar-refractivity contribution is 5.29. The molecule has 1 atom stereocenters. The molecule has 1 aromatic carbocycles. The van der Waals surface area contributed by atoms with Crippen LogP contribution in [0.3, 0.4) is 0 Å². The van der Waals surface area contributed by atoms with E-state index in [1.807, 2.05) is 6.92 Å². The van der Waals surface area contributed by atoms with E-state index >= 15 is 0 Å². The lowest BCUT2D eigenvalue weighted by molar-refractivity contribution is 0.131. The van der Waals surface area contributed by atoms with Crippen LogP contribution < -0.4 is 5.32 Å². The molecular weight excluding hydrogens is 198 g/mol. The van der Waals surface area contributed by atoms with Crippen molar-refractivity contribution >= 4 is 0 Å². The average Bonchev–Trinajstić information content (AvgIpc) is 2.31. The number of nitrogens with one attached hydrogen (secondary N) is 1. The maximum absolute atomic E-state index is 5.56. The van der Waals surface area contributed by atoms with Gasteiger partial charge in [0.15, 0.2) is 0 Å². The number of likely N-dealkylation sites (N-methyl/N-ethyl adjacent to an activating group) is 1. The normalized spacial score (nSPS) is 12.7. The van der Waals surface area contributed by atoms with Crippen LogP contribution in [0.2, 0.25) is 0 Å². The maximum atomic E-state index is 5.56. The van der Waals surface area contributed by atoms with Crippen LogP contribution >= 0.6 is 0 Å². The summed E-state index contributed by atoms with van der Waals surface area (Å²) in [6, 6.07) is 8.56. The predicted octanol–water partition coefficient (Wildman–Crippen LogP) is 2.72. The lowest BCUT2D eigenvalue weighted by Gasteiger charge is -2.19. The molecule has 90 valence electrons. The lowest BCUT2D eigenvalue weighted by Crippen LogP contribution is -2.25. The SMILES string of the molecule is CCNCC(COCC)c1ccccc1C. The summed E-state index contributed by atoms with van der Waals surface area (Å²) in [6.45, 7) is 9.93. The van der Waals surface area contributed by atoms with Gasteiger partial charge in [0, 0.05) is 19.1 Å². The van der Waals surface area contributed by atoms with E-state index in [-0.39, 0.29) is 0 Å². The summed E-state index contributed by atoms with van der Waals surface area (Å²) in [4.78, 5) is 0. The first-order valence-electron chi connectivity index (χ1n) is 6.13. The summed E-state index contributed by atoms with van der Waals surface area (Å²) in [5.74, 6) is 0.459. The Labute approximate surface area is 99.0 Å². The van der Waals surface area contributed by atoms with E-state index in [1.165, 1.54) is 11.1 Å². The van der Waals surface area contributed by atoms with Crippen LogP contribution in [0.15, 0.2) is 24.3 Å². The molecule has 1 unspecified atom stereocenters. The number of rotatable bonds is 7. The van der Waals surface area contributed by atoms with Gasteiger partial charge >= 0.3 is 0 Å². The first-order valence-corrected chi connectivity index (χ1v) is 6.13. The topological polar surface area (TPSA) is 21.3 Å². The zero-order chi connectivity index (χ0) is 11.8. The molecule has 0 saturated carbocycles. The molecule has 0 saturated heterocycles. The Balaban J connectivity index is 2.70. The van der Waals surface area contributed by atoms with Crippen LogP contribution in [0.1, 0.15) is 30.9 Å². The van der Waals surface area contributed by atoms with Crippen molar-refractivity contribution in [1.82, 2.24) is 5.32 Å². The second-order valence-corrected chi connectivity index (χ2v) is 4.02. The summed E-state index contributed by atoms with van der Waals surface area (Å²) in [7, 11) is 0. The lowest BCUT2D eigenvalue weighted by atomic mass is 9.95. The van der Waals surface area contributed by atoms with Gasteiger partial charge in [0.2, 0.25) is 0 Å². The Kier molecular flexibility index (Phi) is 6.12. The fraction of sp³-hybridized carbons (Fsp3) is 0.571. The van der Waals surface area contributed by atoms with Gasteiger partial charge in [-0.2, -0.15) is 0 Å². The van der Waals surface area contributed by atoms with Crippen molar-refractivity contribution in [3.63, 3.8) is 0 Å². The van der Waals surface area contributed by atoms with Crippen molar-refractivity contribution in [2.75, 3.05) is 26.3 Å². The number of aryl methyl sites for hydroxylation is 1. The van der Waals surface area contributed by atoms with E-state index < -0.39 is 0 Å². The number of ether oxygens (including phenoxy) is 1. The second kappa shape index (κ2) is 7.42. The monoisotopic (exact) mass is 221 g/mol. The molecule has 2 nitrogen and oxygen atoms in total. The number of hydrogen-bond donors (Lipinski definition) is 1. The van der Waals surface area contributed by atoms with Crippen molar-refractivity contribution < 1.29 is 4.74 Å². The van der Waals surface area contributed by atoms with Crippen molar-refractivity contribution in [3.8, 4) is 0 Å². The van der Waals surface area contributed by atoms with Crippen molar-refractivity contribution in [1.29, 1.82) is 0 Å². The summed E-state index contributed by atoms with van der Waals surface area (Å²) >= 11 is 0. The first kappa shape index (κ1) is 13.2. The standard InChI is InChI=1S/C14H23NO/c1-4-15-10-13(11-16-5-2)14-9-7-6-8-12(14)3/h6-9,13,15H,4-5,10-11H2,1-3H3. The van der Waals surface area contributed by atoms with Crippen molar-refractivity contribution in [2.24, 2.45) is 0 Å². The highest BCUT2D eigenvalue weighted by Gasteiger charge is 2.12. The minimum atomic E-state index is 0.459. The zero-order valence-electron chi connectivity index (χ0n) is 10.6. The summed E-state index contributed by atoms with van der Waals surface area (Å²) in [6.07, 6.45) is 0. The first-order chi connectivity index (χ1) is 7.79. The highest BCUT2D eigenvalue weighted by Crippen LogP contribution is 2.19. The molecule has 1 aromatic rings. The predicted molar refractivity (Wildman–Crippen MR) is 69.0 cm³/mol. The van der Waals surface area contributed by atoms with Crippen LogP contribution in [0.5, 0.6) is 0 Å². The fourth-order valence-electron chi connectivity index (χ4n) is 1.88. The molecule has 0 fully saturated rings. The largest absolute Gasteiger partial charge is 0.381 e. The van der Waals surface area contributed by atoms with Gasteiger partial charge in [-0.05, 0) is 31.5 Å². The van der Waals surface area contributed by atoms with Crippen molar-refractivity contribution in [3.05, 3.63) is 35.4 Å². The minimum absolute atomic E-state index is 0.459. The van der Waals surface area contributed by atoms with E-state index in [9.17, 15) is 0 Å². The molecule has 2 heteroatoms. The van der Waals surface area contributed by atoms with Gasteiger partial charge in [-0.1, -0.05) is 31.2 Å². The Morgan fingerprint density at radius 1 is 1.25 bits per heavy atom. The maximum Gasteiger partial charge on any atom is 0.0546 e. The quantitative estimate of drug-likeness (QED) is 0.764. The Hall–Kier alpha value is -0.860. The van der Waals surface area contributed by atoms with Gasteiger partial charge < -0.3 is 10.1 Å². The van der Waals surface area contributed by atoms with Crippen molar-refractivity contribution in [2.45, 2.75) is 26.7 Å². The molecule has 0 heterocycles. The third kappa shape index (κ3) is 3.95. The zero-order valence-corrected chi connectivity index (χ0v) is 10.6. The second-order valence-electron chi connectivity index (χ2n) is 4.02. The van der Waals surface area contributed by atoms with Gasteiger partial charge in [0.05, 0.1) is 6.61 Å². The smallest absolute Gasteiger partial charge is 0.0546 e. The van der Waals surface area contributed by atoms with E-state index in [0.717, 1.165) is 26.3 Å². The van der Waals surface area contributed by atoms with E-state index in [1.54, 1.807) is 0 Å². The molecule has 0 bridgehead atoms. The van der Waals surface area contributed by atoms with Crippen LogP contribution in [-0.2, 0) is 4.74 Å². The summed E-state index contributed by atoms with van der Waals surface area (Å²) in [5, 5.41) is 3.40. The molecule has 0 aliphatic rings. The summed E-state index contributed by atoms with van der Waals surface area (Å²) < 4.78 is 5.56. The molecule has 0 aliphatic carbocycles. The van der Waals surface area contributed by atoms with Crippen LogP contribution in [-0.4, -0.2) is 26.3 Å². The molecule has 0 spiro atoms. The van der Waals surface area contributed by atoms with Gasteiger partial charge in [0.25, 0.3) is 0 Å². The number of benzene rings is 1. The number of hydrogen-bond acceptors (Lipinski definition) is 2. The van der Waals surface area contributed by atoms with Gasteiger partial charge in [-0.15, -0.1) is 0 Å². The third-order valence-corrected chi connectivity index (χ3v) is 2.79. The molecule has 16 heavy (non-hydrogen) atoms. The molecule has 0 aliphatic heterocycles. The molecule has 1 N–H and O–H groups in total. The van der Waals surface area contributed by atoms with E-state index in [0.29, 0.717) is 5.92 Å². The van der Waals surface area contributed by atoms with Gasteiger partial charge in [-0.3, -0.25) is 0 Å². The van der Waals surface area contributed by atoms with Crippen LogP contribution in [0, 0.1) is 6.92 Å². The molecule has 1 rings (SSSR count). The Morgan fingerprint density at radius 2 is 2.00 bits per heavy atom. The van der Waals surface area contributed by atoms with Gasteiger partial charge in [-0.25, -0.2) is 0 Å². The van der Waals surface area contributed by atoms with Gasteiger partial charge in [0.1, 0.15) is 0 Å². The van der Waals surface area contributed by atoms with Crippen LogP contribution in [0.4, 0.5) is 0 Å². The minimum Gasteiger partial charge on any atom is -0.381 e. The Bertz CT molecular complexity index is 291. The molecule has 0 amide bonds. The molecule has 0 aromatic heterocycles. The van der Waals surface area contributed by atoms with E-state index in [4.69, 9.17) is 4.74 Å². The third-order valence-electron chi connectivity index (χ3n) is 2.79. The average molecular weight is 221 g/mol.